The monoisotopic (exact) mass is 216 g/mol. The Morgan fingerprint density at radius 3 is 2.77 bits per heavy atom. The van der Waals surface area contributed by atoms with E-state index in [2.05, 4.69) is 15.5 Å². The van der Waals surface area contributed by atoms with Crippen LogP contribution < -0.4 is 11.1 Å². The van der Waals surface area contributed by atoms with Crippen molar-refractivity contribution in [3.8, 4) is 0 Å². The maximum atomic E-state index is 5.50. The SMILES string of the molecule is Nc1nnc(SC2CCNCC2)s1. The molecule has 13 heavy (non-hydrogen) atoms. The number of aromatic nitrogens is 2. The molecule has 2 heterocycles. The first-order chi connectivity index (χ1) is 6.34. The van der Waals surface area contributed by atoms with Crippen molar-refractivity contribution in [3.05, 3.63) is 0 Å². The van der Waals surface area contributed by atoms with Crippen LogP contribution in [-0.4, -0.2) is 28.5 Å². The van der Waals surface area contributed by atoms with Gasteiger partial charge in [0.15, 0.2) is 4.34 Å². The molecule has 2 rings (SSSR count). The van der Waals surface area contributed by atoms with Crippen LogP contribution in [0, 0.1) is 0 Å². The molecule has 1 saturated heterocycles. The second-order valence-electron chi connectivity index (χ2n) is 2.97. The van der Waals surface area contributed by atoms with Crippen molar-refractivity contribution in [1.29, 1.82) is 0 Å². The van der Waals surface area contributed by atoms with E-state index >= 15 is 0 Å². The van der Waals surface area contributed by atoms with Crippen molar-refractivity contribution >= 4 is 28.2 Å². The zero-order valence-corrected chi connectivity index (χ0v) is 8.83. The number of hydrogen-bond acceptors (Lipinski definition) is 6. The Hall–Kier alpha value is -0.330. The summed E-state index contributed by atoms with van der Waals surface area (Å²) in [5, 5.41) is 12.4. The quantitative estimate of drug-likeness (QED) is 0.771. The average Bonchev–Trinajstić information content (AvgIpc) is 2.53. The molecule has 6 heteroatoms. The summed E-state index contributed by atoms with van der Waals surface area (Å²) in [6.07, 6.45) is 2.42. The Balaban J connectivity index is 1.89. The van der Waals surface area contributed by atoms with E-state index in [0.29, 0.717) is 10.4 Å². The first-order valence-electron chi connectivity index (χ1n) is 4.31. The molecule has 1 aromatic rings. The second kappa shape index (κ2) is 4.26. The predicted molar refractivity (Wildman–Crippen MR) is 56.1 cm³/mol. The number of nitrogens with one attached hydrogen (secondary N) is 1. The van der Waals surface area contributed by atoms with Gasteiger partial charge in [0.2, 0.25) is 5.13 Å². The van der Waals surface area contributed by atoms with Crippen molar-refractivity contribution in [2.24, 2.45) is 0 Å². The molecule has 0 amide bonds. The Morgan fingerprint density at radius 2 is 2.15 bits per heavy atom. The van der Waals surface area contributed by atoms with Crippen molar-refractivity contribution in [1.82, 2.24) is 15.5 Å². The molecular weight excluding hydrogens is 204 g/mol. The number of nitrogens with two attached hydrogens (primary N) is 1. The second-order valence-corrected chi connectivity index (χ2v) is 5.53. The van der Waals surface area contributed by atoms with Gasteiger partial charge in [0, 0.05) is 5.25 Å². The minimum Gasteiger partial charge on any atom is -0.374 e. The first-order valence-corrected chi connectivity index (χ1v) is 6.00. The van der Waals surface area contributed by atoms with E-state index in [1.165, 1.54) is 24.2 Å². The standard InChI is InChI=1S/C7H12N4S2/c8-6-10-11-7(13-6)12-5-1-3-9-4-2-5/h5,9H,1-4H2,(H2,8,10). The molecule has 0 aromatic carbocycles. The highest BCUT2D eigenvalue weighted by Gasteiger charge is 2.16. The van der Waals surface area contributed by atoms with Gasteiger partial charge in [-0.15, -0.1) is 10.2 Å². The van der Waals surface area contributed by atoms with Crippen molar-refractivity contribution in [2.75, 3.05) is 18.8 Å². The molecule has 0 atom stereocenters. The number of nitrogen functional groups attached to an aromatic ring is 1. The van der Waals surface area contributed by atoms with Gasteiger partial charge in [-0.25, -0.2) is 0 Å². The molecule has 1 aliphatic rings. The normalized spacial score (nSPS) is 19.1. The van der Waals surface area contributed by atoms with Gasteiger partial charge in [-0.2, -0.15) is 0 Å². The fourth-order valence-corrected chi connectivity index (χ4v) is 3.37. The highest BCUT2D eigenvalue weighted by Crippen LogP contribution is 2.31. The molecule has 72 valence electrons. The summed E-state index contributed by atoms with van der Waals surface area (Å²) in [4.78, 5) is 0. The van der Waals surface area contributed by atoms with Gasteiger partial charge < -0.3 is 11.1 Å². The molecule has 0 unspecified atom stereocenters. The fourth-order valence-electron chi connectivity index (χ4n) is 1.32. The number of nitrogens with zero attached hydrogens (tertiary/aromatic N) is 2. The van der Waals surface area contributed by atoms with E-state index < -0.39 is 0 Å². The number of hydrogen-bond donors (Lipinski definition) is 2. The van der Waals surface area contributed by atoms with E-state index in [1.807, 2.05) is 11.8 Å². The molecular formula is C7H12N4S2. The van der Waals surface area contributed by atoms with E-state index in [9.17, 15) is 0 Å². The van der Waals surface area contributed by atoms with Crippen molar-refractivity contribution < 1.29 is 0 Å². The molecule has 1 fully saturated rings. The van der Waals surface area contributed by atoms with Crippen LogP contribution in [0.3, 0.4) is 0 Å². The average molecular weight is 216 g/mol. The molecule has 0 bridgehead atoms. The Labute approximate surface area is 85.3 Å². The predicted octanol–water partition coefficient (Wildman–Crippen LogP) is 0.964. The third-order valence-corrected chi connectivity index (χ3v) is 4.15. The van der Waals surface area contributed by atoms with Crippen LogP contribution in [0.5, 0.6) is 0 Å². The lowest BCUT2D eigenvalue weighted by Crippen LogP contribution is -2.29. The summed E-state index contributed by atoms with van der Waals surface area (Å²) in [6, 6.07) is 0. The van der Waals surface area contributed by atoms with Crippen LogP contribution >= 0.6 is 23.1 Å². The largest absolute Gasteiger partial charge is 0.374 e. The molecule has 1 aliphatic heterocycles. The highest BCUT2D eigenvalue weighted by molar-refractivity contribution is 8.01. The number of rotatable bonds is 2. The van der Waals surface area contributed by atoms with Crippen molar-refractivity contribution in [3.63, 3.8) is 0 Å². The van der Waals surface area contributed by atoms with Crippen molar-refractivity contribution in [2.45, 2.75) is 22.4 Å². The van der Waals surface area contributed by atoms with Crippen LogP contribution in [-0.2, 0) is 0 Å². The summed E-state index contributed by atoms with van der Waals surface area (Å²) < 4.78 is 1.00. The molecule has 0 saturated carbocycles. The molecule has 3 N–H and O–H groups in total. The summed E-state index contributed by atoms with van der Waals surface area (Å²) in [5.74, 6) is 0. The van der Waals surface area contributed by atoms with Gasteiger partial charge in [-0.3, -0.25) is 0 Å². The van der Waals surface area contributed by atoms with E-state index in [-0.39, 0.29) is 0 Å². The first kappa shape index (κ1) is 9.23. The van der Waals surface area contributed by atoms with E-state index in [1.54, 1.807) is 0 Å². The zero-order chi connectivity index (χ0) is 9.10. The smallest absolute Gasteiger partial charge is 0.203 e. The van der Waals surface area contributed by atoms with E-state index in [0.717, 1.165) is 17.4 Å². The minimum atomic E-state index is 0.566. The van der Waals surface area contributed by atoms with Gasteiger partial charge in [-0.05, 0) is 25.9 Å². The minimum absolute atomic E-state index is 0.566. The Bertz CT molecular complexity index is 269. The van der Waals surface area contributed by atoms with Gasteiger partial charge in [0.1, 0.15) is 0 Å². The maximum Gasteiger partial charge on any atom is 0.203 e. The molecule has 1 aromatic heterocycles. The molecule has 0 radical (unpaired) electrons. The van der Waals surface area contributed by atoms with E-state index in [4.69, 9.17) is 5.73 Å². The zero-order valence-electron chi connectivity index (χ0n) is 7.19. The molecule has 0 spiro atoms. The summed E-state index contributed by atoms with van der Waals surface area (Å²) in [6.45, 7) is 2.23. The molecule has 0 aliphatic carbocycles. The number of thioether (sulfide) groups is 1. The summed E-state index contributed by atoms with van der Waals surface area (Å²) >= 11 is 3.29. The van der Waals surface area contributed by atoms with Crippen LogP contribution in [0.4, 0.5) is 5.13 Å². The maximum absolute atomic E-state index is 5.50. The lowest BCUT2D eigenvalue weighted by molar-refractivity contribution is 0.531. The topological polar surface area (TPSA) is 63.8 Å². The van der Waals surface area contributed by atoms with Crippen LogP contribution in [0.25, 0.3) is 0 Å². The number of piperidine rings is 1. The fraction of sp³-hybridized carbons (Fsp3) is 0.714. The third-order valence-electron chi connectivity index (χ3n) is 1.98. The summed E-state index contributed by atoms with van der Waals surface area (Å²) in [7, 11) is 0. The van der Waals surface area contributed by atoms with Gasteiger partial charge in [-0.1, -0.05) is 23.1 Å². The highest BCUT2D eigenvalue weighted by atomic mass is 32.2. The van der Waals surface area contributed by atoms with Crippen LogP contribution in [0.2, 0.25) is 0 Å². The third kappa shape index (κ3) is 2.55. The van der Waals surface area contributed by atoms with Gasteiger partial charge in [0.05, 0.1) is 0 Å². The Morgan fingerprint density at radius 1 is 1.38 bits per heavy atom. The lowest BCUT2D eigenvalue weighted by Gasteiger charge is -2.20. The Kier molecular flexibility index (Phi) is 3.02. The lowest BCUT2D eigenvalue weighted by atomic mass is 10.2. The van der Waals surface area contributed by atoms with Crippen LogP contribution in [0.15, 0.2) is 4.34 Å². The molecule has 4 nitrogen and oxygen atoms in total. The number of anilines is 1. The van der Waals surface area contributed by atoms with Crippen LogP contribution in [0.1, 0.15) is 12.8 Å². The van der Waals surface area contributed by atoms with Gasteiger partial charge >= 0.3 is 0 Å². The van der Waals surface area contributed by atoms with Gasteiger partial charge in [0.25, 0.3) is 0 Å². The summed E-state index contributed by atoms with van der Waals surface area (Å²) in [5.41, 5.74) is 5.50.